The van der Waals surface area contributed by atoms with Crippen molar-refractivity contribution in [1.29, 1.82) is 0 Å². The van der Waals surface area contributed by atoms with E-state index in [2.05, 4.69) is 78.0 Å². The summed E-state index contributed by atoms with van der Waals surface area (Å²) in [5.74, 6) is 1.92. The molecule has 0 N–H and O–H groups in total. The molecule has 0 bridgehead atoms. The van der Waals surface area contributed by atoms with Crippen LogP contribution in [0.3, 0.4) is 0 Å². The van der Waals surface area contributed by atoms with Crippen molar-refractivity contribution in [2.75, 3.05) is 0 Å². The fourth-order valence-corrected chi connectivity index (χ4v) is 3.60. The maximum Gasteiger partial charge on any atom is 0.204 e. The van der Waals surface area contributed by atoms with Crippen LogP contribution in [0.25, 0.3) is 0 Å². The average Bonchev–Trinajstić information content (AvgIpc) is 2.60. The molecule has 0 spiro atoms. The van der Waals surface area contributed by atoms with E-state index in [9.17, 15) is 0 Å². The molecule has 146 valence electrons. The molecule has 26 heavy (non-hydrogen) atoms. The van der Waals surface area contributed by atoms with E-state index in [0.717, 1.165) is 18.6 Å². The molecular formula is C24H38O2. The summed E-state index contributed by atoms with van der Waals surface area (Å²) in [6.45, 7) is 13.2. The van der Waals surface area contributed by atoms with Crippen LogP contribution < -0.4 is 4.74 Å². The van der Waals surface area contributed by atoms with Gasteiger partial charge in [0, 0.05) is 11.3 Å². The zero-order valence-corrected chi connectivity index (χ0v) is 17.6. The minimum absolute atomic E-state index is 0.0540. The fourth-order valence-electron chi connectivity index (χ4n) is 3.60. The summed E-state index contributed by atoms with van der Waals surface area (Å²) in [5.41, 5.74) is 1.28. The Morgan fingerprint density at radius 1 is 1.00 bits per heavy atom. The first-order valence-corrected chi connectivity index (χ1v) is 10.4. The van der Waals surface area contributed by atoms with E-state index in [0.29, 0.717) is 17.9 Å². The van der Waals surface area contributed by atoms with Crippen LogP contribution in [-0.2, 0) is 4.74 Å². The molecule has 1 aromatic rings. The number of hydrogen-bond acceptors (Lipinski definition) is 2. The van der Waals surface area contributed by atoms with Gasteiger partial charge in [0.1, 0.15) is 5.75 Å². The zero-order chi connectivity index (χ0) is 19.2. The number of rotatable bonds is 7. The van der Waals surface area contributed by atoms with Crippen molar-refractivity contribution in [3.63, 3.8) is 0 Å². The van der Waals surface area contributed by atoms with Crippen molar-refractivity contribution < 1.29 is 9.47 Å². The minimum Gasteiger partial charge on any atom is -0.464 e. The van der Waals surface area contributed by atoms with Gasteiger partial charge in [-0.15, -0.1) is 0 Å². The molecule has 0 radical (unpaired) electrons. The summed E-state index contributed by atoms with van der Waals surface area (Å²) in [5, 5.41) is 0. The lowest BCUT2D eigenvalue weighted by Crippen LogP contribution is -2.38. The molecule has 0 aliphatic heterocycles. The summed E-state index contributed by atoms with van der Waals surface area (Å²) in [6, 6.07) is 8.58. The Balaban J connectivity index is 2.07. The third-order valence-electron chi connectivity index (χ3n) is 5.20. The molecule has 2 unspecified atom stereocenters. The molecule has 0 saturated heterocycles. The Kier molecular flexibility index (Phi) is 7.76. The van der Waals surface area contributed by atoms with Gasteiger partial charge >= 0.3 is 0 Å². The predicted molar refractivity (Wildman–Crippen MR) is 111 cm³/mol. The van der Waals surface area contributed by atoms with Gasteiger partial charge in [0.25, 0.3) is 0 Å². The van der Waals surface area contributed by atoms with Crippen LogP contribution in [-0.4, -0.2) is 12.4 Å². The van der Waals surface area contributed by atoms with Gasteiger partial charge < -0.3 is 9.47 Å². The maximum absolute atomic E-state index is 6.38. The van der Waals surface area contributed by atoms with Crippen LogP contribution in [0.5, 0.6) is 5.75 Å². The number of ether oxygens (including phenoxy) is 2. The number of allylic oxidation sites excluding steroid dienone is 2. The highest BCUT2D eigenvalue weighted by atomic mass is 16.7. The Morgan fingerprint density at radius 2 is 1.62 bits per heavy atom. The molecule has 2 nitrogen and oxygen atoms in total. The Bertz CT molecular complexity index is 545. The van der Waals surface area contributed by atoms with Crippen LogP contribution in [0.15, 0.2) is 36.4 Å². The van der Waals surface area contributed by atoms with Gasteiger partial charge in [-0.1, -0.05) is 78.2 Å². The second-order valence-corrected chi connectivity index (χ2v) is 9.08. The van der Waals surface area contributed by atoms with E-state index in [1.807, 2.05) is 0 Å². The third-order valence-corrected chi connectivity index (χ3v) is 5.20. The molecule has 2 heteroatoms. The lowest BCUT2D eigenvalue weighted by molar-refractivity contribution is -0.177. The van der Waals surface area contributed by atoms with E-state index in [1.165, 1.54) is 24.8 Å². The molecule has 2 atom stereocenters. The van der Waals surface area contributed by atoms with Gasteiger partial charge in [-0.3, -0.25) is 0 Å². The minimum atomic E-state index is -0.215. The Labute approximate surface area is 161 Å². The van der Waals surface area contributed by atoms with Crippen molar-refractivity contribution in [1.82, 2.24) is 0 Å². The zero-order valence-electron chi connectivity index (χ0n) is 17.6. The van der Waals surface area contributed by atoms with Crippen molar-refractivity contribution >= 4 is 0 Å². The third kappa shape index (κ3) is 6.16. The van der Waals surface area contributed by atoms with E-state index in [4.69, 9.17) is 9.47 Å². The summed E-state index contributed by atoms with van der Waals surface area (Å²) < 4.78 is 12.7. The first kappa shape index (κ1) is 21.0. The van der Waals surface area contributed by atoms with Crippen molar-refractivity contribution in [2.24, 2.45) is 11.3 Å². The molecular weight excluding hydrogens is 320 g/mol. The number of hydrogen-bond donors (Lipinski definition) is 0. The molecule has 0 heterocycles. The van der Waals surface area contributed by atoms with Crippen LogP contribution >= 0.6 is 0 Å². The van der Waals surface area contributed by atoms with Crippen molar-refractivity contribution in [2.45, 2.75) is 92.0 Å². The highest BCUT2D eigenvalue weighted by Gasteiger charge is 2.31. The predicted octanol–water partition coefficient (Wildman–Crippen LogP) is 7.10. The largest absolute Gasteiger partial charge is 0.464 e. The van der Waals surface area contributed by atoms with Gasteiger partial charge in [-0.2, -0.15) is 0 Å². The Hall–Kier alpha value is -1.28. The first-order chi connectivity index (χ1) is 12.3. The quantitative estimate of drug-likeness (QED) is 0.382. The van der Waals surface area contributed by atoms with Crippen LogP contribution in [0.2, 0.25) is 0 Å². The van der Waals surface area contributed by atoms with E-state index in [1.54, 1.807) is 0 Å². The molecule has 1 saturated carbocycles. The highest BCUT2D eigenvalue weighted by Crippen LogP contribution is 2.32. The van der Waals surface area contributed by atoms with E-state index >= 15 is 0 Å². The monoisotopic (exact) mass is 358 g/mol. The molecule has 1 fully saturated rings. The molecule has 0 aromatic heterocycles. The van der Waals surface area contributed by atoms with E-state index < -0.39 is 0 Å². The van der Waals surface area contributed by atoms with Crippen LogP contribution in [0, 0.1) is 11.3 Å². The average molecular weight is 359 g/mol. The van der Waals surface area contributed by atoms with E-state index in [-0.39, 0.29) is 11.7 Å². The molecule has 1 aliphatic carbocycles. The standard InChI is InChI=1S/C24H38O2/c1-7-11-22(18(2)3)19-14-16-21(17-15-19)26-23(24(4,5)6)25-20-12-9-8-10-13-20/h7,11,14-18,20,22-23H,8-10,12-13H2,1-6H3/b11-7-. The van der Waals surface area contributed by atoms with Crippen LogP contribution in [0.4, 0.5) is 0 Å². The summed E-state index contributed by atoms with van der Waals surface area (Å²) in [7, 11) is 0. The SMILES string of the molecule is C/C=C\C(c1ccc(OC(OC2CCCCC2)C(C)(C)C)cc1)C(C)C. The molecule has 1 aliphatic rings. The first-order valence-electron chi connectivity index (χ1n) is 10.4. The topological polar surface area (TPSA) is 18.5 Å². The summed E-state index contributed by atoms with van der Waals surface area (Å²) >= 11 is 0. The van der Waals surface area contributed by atoms with Gasteiger partial charge in [-0.25, -0.2) is 0 Å². The van der Waals surface area contributed by atoms with Crippen molar-refractivity contribution in [3.05, 3.63) is 42.0 Å². The van der Waals surface area contributed by atoms with Gasteiger partial charge in [0.15, 0.2) is 0 Å². The van der Waals surface area contributed by atoms with Gasteiger partial charge in [0.05, 0.1) is 6.10 Å². The fraction of sp³-hybridized carbons (Fsp3) is 0.667. The molecule has 0 amide bonds. The second-order valence-electron chi connectivity index (χ2n) is 9.08. The molecule has 1 aromatic carbocycles. The lowest BCUT2D eigenvalue weighted by atomic mass is 9.88. The summed E-state index contributed by atoms with van der Waals surface area (Å²) in [6.07, 6.45) is 10.8. The maximum atomic E-state index is 6.38. The highest BCUT2D eigenvalue weighted by molar-refractivity contribution is 5.32. The number of benzene rings is 1. The van der Waals surface area contributed by atoms with Gasteiger partial charge in [-0.05, 0) is 43.4 Å². The Morgan fingerprint density at radius 3 is 2.12 bits per heavy atom. The van der Waals surface area contributed by atoms with Gasteiger partial charge in [0.2, 0.25) is 6.29 Å². The lowest BCUT2D eigenvalue weighted by Gasteiger charge is -2.35. The van der Waals surface area contributed by atoms with Crippen molar-refractivity contribution in [3.8, 4) is 5.75 Å². The normalized spacial score (nSPS) is 19.0. The molecule has 2 rings (SSSR count). The smallest absolute Gasteiger partial charge is 0.204 e. The summed E-state index contributed by atoms with van der Waals surface area (Å²) in [4.78, 5) is 0. The van der Waals surface area contributed by atoms with Crippen LogP contribution in [0.1, 0.15) is 85.1 Å². The second kappa shape index (κ2) is 9.60.